The van der Waals surface area contributed by atoms with Crippen molar-refractivity contribution >= 4 is 6.09 Å². The Hall–Kier alpha value is -1.33. The van der Waals surface area contributed by atoms with E-state index in [1.165, 1.54) is 0 Å². The first-order valence-electron chi connectivity index (χ1n) is 5.22. The number of nitrogens with zero attached hydrogens (tertiary/aromatic N) is 1. The molecule has 0 aromatic rings. The predicted molar refractivity (Wildman–Crippen MR) is 61.5 cm³/mol. The zero-order chi connectivity index (χ0) is 12.0. The molecule has 0 aliphatic carbocycles. The van der Waals surface area contributed by atoms with Gasteiger partial charge < -0.3 is 15.2 Å². The third-order valence-electron chi connectivity index (χ3n) is 2.56. The molecule has 1 fully saturated rings. The second kappa shape index (κ2) is 6.30. The van der Waals surface area contributed by atoms with Crippen molar-refractivity contribution in [3.05, 3.63) is 25.3 Å². The van der Waals surface area contributed by atoms with Gasteiger partial charge in [-0.3, -0.25) is 4.90 Å². The topological polar surface area (TPSA) is 61.8 Å². The van der Waals surface area contributed by atoms with Crippen LogP contribution in [0.25, 0.3) is 0 Å². The van der Waals surface area contributed by atoms with E-state index in [0.29, 0.717) is 26.3 Å². The van der Waals surface area contributed by atoms with E-state index in [4.69, 9.17) is 9.84 Å². The molecule has 1 aliphatic rings. The lowest BCUT2D eigenvalue weighted by Gasteiger charge is -2.29. The smallest absolute Gasteiger partial charge is 0.405 e. The Balaban J connectivity index is 2.61. The molecule has 0 aromatic heterocycles. The fourth-order valence-corrected chi connectivity index (χ4v) is 1.88. The molecular weight excluding hydrogens is 208 g/mol. The highest BCUT2D eigenvalue weighted by Gasteiger charge is 2.33. The van der Waals surface area contributed by atoms with Gasteiger partial charge in [-0.15, -0.1) is 13.2 Å². The summed E-state index contributed by atoms with van der Waals surface area (Å²) in [6.07, 6.45) is 2.57. The van der Waals surface area contributed by atoms with Crippen LogP contribution < -0.4 is 5.32 Å². The number of carboxylic acid groups (broad SMARTS) is 1. The molecule has 0 spiro atoms. The lowest BCUT2D eigenvalue weighted by atomic mass is 10.1. The zero-order valence-electron chi connectivity index (χ0n) is 9.26. The average molecular weight is 226 g/mol. The van der Waals surface area contributed by atoms with E-state index < -0.39 is 6.09 Å². The summed E-state index contributed by atoms with van der Waals surface area (Å²) < 4.78 is 5.31. The zero-order valence-corrected chi connectivity index (χ0v) is 9.26. The molecular formula is C11H18N2O3. The van der Waals surface area contributed by atoms with Crippen molar-refractivity contribution in [3.8, 4) is 0 Å². The van der Waals surface area contributed by atoms with E-state index in [-0.39, 0.29) is 12.1 Å². The third-order valence-corrected chi connectivity index (χ3v) is 2.56. The average Bonchev–Trinajstić information content (AvgIpc) is 2.64. The van der Waals surface area contributed by atoms with Gasteiger partial charge in [0, 0.05) is 13.1 Å². The molecule has 0 bridgehead atoms. The molecule has 16 heavy (non-hydrogen) atoms. The fourth-order valence-electron chi connectivity index (χ4n) is 1.88. The minimum atomic E-state index is -1.02. The van der Waals surface area contributed by atoms with Crippen molar-refractivity contribution < 1.29 is 14.6 Å². The van der Waals surface area contributed by atoms with E-state index >= 15 is 0 Å². The molecule has 5 nitrogen and oxygen atoms in total. The summed E-state index contributed by atoms with van der Waals surface area (Å²) in [5, 5.41) is 11.2. The fraction of sp³-hybridized carbons (Fsp3) is 0.545. The molecule has 1 amide bonds. The number of carbonyl (C=O) groups is 1. The van der Waals surface area contributed by atoms with E-state index in [2.05, 4.69) is 23.4 Å². The van der Waals surface area contributed by atoms with E-state index in [9.17, 15) is 4.79 Å². The molecule has 1 heterocycles. The lowest BCUT2D eigenvalue weighted by molar-refractivity contribution is 0.158. The van der Waals surface area contributed by atoms with Crippen LogP contribution in [0, 0.1) is 0 Å². The molecule has 2 N–H and O–H groups in total. The standard InChI is InChI=1S/C11H18N2O3/c1-3-5-13(6-4-2)10-8-16-7-9(10)12-11(14)15/h3-4,9-10,12H,1-2,5-8H2,(H,14,15)/t9-,10-/m0/s1. The largest absolute Gasteiger partial charge is 0.465 e. The highest BCUT2D eigenvalue weighted by atomic mass is 16.5. The normalized spacial score (nSPS) is 24.3. The molecule has 0 aromatic carbocycles. The van der Waals surface area contributed by atoms with Crippen molar-refractivity contribution in [1.29, 1.82) is 0 Å². The number of hydrogen-bond acceptors (Lipinski definition) is 3. The molecule has 1 saturated heterocycles. The summed E-state index contributed by atoms with van der Waals surface area (Å²) in [7, 11) is 0. The predicted octanol–water partition coefficient (Wildman–Crippen LogP) is 0.695. The molecule has 0 unspecified atom stereocenters. The van der Waals surface area contributed by atoms with Gasteiger partial charge in [0.1, 0.15) is 0 Å². The van der Waals surface area contributed by atoms with Gasteiger partial charge in [0.05, 0.1) is 25.3 Å². The lowest BCUT2D eigenvalue weighted by Crippen LogP contribution is -2.50. The molecule has 1 aliphatic heterocycles. The molecule has 1 rings (SSSR count). The van der Waals surface area contributed by atoms with Gasteiger partial charge in [-0.05, 0) is 0 Å². The summed E-state index contributed by atoms with van der Waals surface area (Å²) in [5.41, 5.74) is 0. The van der Waals surface area contributed by atoms with E-state index in [1.807, 2.05) is 0 Å². The van der Waals surface area contributed by atoms with Crippen molar-refractivity contribution in [2.75, 3.05) is 26.3 Å². The van der Waals surface area contributed by atoms with Gasteiger partial charge in [0.25, 0.3) is 0 Å². The van der Waals surface area contributed by atoms with Crippen LogP contribution in [0.15, 0.2) is 25.3 Å². The maximum Gasteiger partial charge on any atom is 0.405 e. The molecule has 90 valence electrons. The molecule has 0 radical (unpaired) electrons. The van der Waals surface area contributed by atoms with Gasteiger partial charge in [-0.2, -0.15) is 0 Å². The molecule has 5 heteroatoms. The Morgan fingerprint density at radius 1 is 1.44 bits per heavy atom. The third kappa shape index (κ3) is 3.36. The number of rotatable bonds is 6. The number of nitrogens with one attached hydrogen (secondary N) is 1. The van der Waals surface area contributed by atoms with Crippen LogP contribution in [-0.2, 0) is 4.74 Å². The second-order valence-electron chi connectivity index (χ2n) is 3.69. The Labute approximate surface area is 95.4 Å². The maximum absolute atomic E-state index is 10.6. The van der Waals surface area contributed by atoms with Gasteiger partial charge in [0.15, 0.2) is 0 Å². The highest BCUT2D eigenvalue weighted by Crippen LogP contribution is 2.13. The van der Waals surface area contributed by atoms with Crippen molar-refractivity contribution in [3.63, 3.8) is 0 Å². The maximum atomic E-state index is 10.6. The first-order valence-corrected chi connectivity index (χ1v) is 5.22. The van der Waals surface area contributed by atoms with Crippen LogP contribution >= 0.6 is 0 Å². The van der Waals surface area contributed by atoms with Crippen molar-refractivity contribution in [2.45, 2.75) is 12.1 Å². The van der Waals surface area contributed by atoms with Gasteiger partial charge >= 0.3 is 6.09 Å². The first kappa shape index (κ1) is 12.7. The van der Waals surface area contributed by atoms with Crippen LogP contribution in [0.3, 0.4) is 0 Å². The summed E-state index contributed by atoms with van der Waals surface area (Å²) in [4.78, 5) is 12.7. The first-order chi connectivity index (χ1) is 7.69. The summed E-state index contributed by atoms with van der Waals surface area (Å²) >= 11 is 0. The van der Waals surface area contributed by atoms with Gasteiger partial charge in [0.2, 0.25) is 0 Å². The number of hydrogen-bond donors (Lipinski definition) is 2. The second-order valence-corrected chi connectivity index (χ2v) is 3.69. The summed E-state index contributed by atoms with van der Waals surface area (Å²) in [6.45, 7) is 9.71. The number of amides is 1. The minimum absolute atomic E-state index is 0.0482. The highest BCUT2D eigenvalue weighted by molar-refractivity contribution is 5.65. The monoisotopic (exact) mass is 226 g/mol. The van der Waals surface area contributed by atoms with Crippen LogP contribution in [0.2, 0.25) is 0 Å². The molecule has 2 atom stereocenters. The van der Waals surface area contributed by atoms with Gasteiger partial charge in [-0.25, -0.2) is 4.79 Å². The Bertz CT molecular complexity index is 258. The van der Waals surface area contributed by atoms with Crippen LogP contribution in [0.1, 0.15) is 0 Å². The quantitative estimate of drug-likeness (QED) is 0.654. The van der Waals surface area contributed by atoms with Crippen LogP contribution in [0.5, 0.6) is 0 Å². The SMILES string of the molecule is C=CCN(CC=C)[C@H]1COC[C@@H]1NC(=O)O. The van der Waals surface area contributed by atoms with Crippen molar-refractivity contribution in [1.82, 2.24) is 10.2 Å². The Kier molecular flexibility index (Phi) is 5.01. The summed E-state index contributed by atoms with van der Waals surface area (Å²) in [6, 6.07) is -0.135. The summed E-state index contributed by atoms with van der Waals surface area (Å²) in [5.74, 6) is 0. The van der Waals surface area contributed by atoms with E-state index in [1.54, 1.807) is 12.2 Å². The number of ether oxygens (including phenoxy) is 1. The molecule has 0 saturated carbocycles. The van der Waals surface area contributed by atoms with Crippen molar-refractivity contribution in [2.24, 2.45) is 0 Å². The van der Waals surface area contributed by atoms with E-state index in [0.717, 1.165) is 0 Å². The minimum Gasteiger partial charge on any atom is -0.465 e. The van der Waals surface area contributed by atoms with Crippen LogP contribution in [0.4, 0.5) is 4.79 Å². The van der Waals surface area contributed by atoms with Gasteiger partial charge in [-0.1, -0.05) is 12.2 Å². The Morgan fingerprint density at radius 3 is 2.56 bits per heavy atom. The Morgan fingerprint density at radius 2 is 2.06 bits per heavy atom. The van der Waals surface area contributed by atoms with Crippen LogP contribution in [-0.4, -0.2) is 54.5 Å².